The molecular formula is C18H27N5O. The van der Waals surface area contributed by atoms with Crippen LogP contribution in [-0.4, -0.2) is 55.5 Å². The van der Waals surface area contributed by atoms with Crippen molar-refractivity contribution in [2.45, 2.75) is 59.2 Å². The monoisotopic (exact) mass is 329 g/mol. The topological polar surface area (TPSA) is 53.7 Å². The largest absolute Gasteiger partial charge is 0.333 e. The van der Waals surface area contributed by atoms with Crippen LogP contribution in [0.5, 0.6) is 0 Å². The van der Waals surface area contributed by atoms with Crippen molar-refractivity contribution in [3.05, 3.63) is 29.7 Å². The summed E-state index contributed by atoms with van der Waals surface area (Å²) in [5, 5.41) is 4.37. The maximum absolute atomic E-state index is 12.9. The molecule has 24 heavy (non-hydrogen) atoms. The van der Waals surface area contributed by atoms with Gasteiger partial charge in [0.2, 0.25) is 0 Å². The molecule has 2 aromatic rings. The van der Waals surface area contributed by atoms with E-state index in [2.05, 4.69) is 42.7 Å². The minimum atomic E-state index is 0.0477. The van der Waals surface area contributed by atoms with Crippen LogP contribution < -0.4 is 0 Å². The van der Waals surface area contributed by atoms with Crippen LogP contribution in [0.2, 0.25) is 0 Å². The minimum Gasteiger partial charge on any atom is -0.333 e. The van der Waals surface area contributed by atoms with Crippen LogP contribution in [0.1, 0.15) is 56.5 Å². The maximum atomic E-state index is 12.9. The van der Waals surface area contributed by atoms with E-state index in [0.29, 0.717) is 11.2 Å². The fraction of sp³-hybridized carbons (Fsp3) is 0.611. The van der Waals surface area contributed by atoms with E-state index in [1.807, 2.05) is 17.3 Å². The van der Waals surface area contributed by atoms with Crippen molar-refractivity contribution in [2.75, 3.05) is 13.1 Å². The van der Waals surface area contributed by atoms with Crippen LogP contribution in [0.3, 0.4) is 0 Å². The quantitative estimate of drug-likeness (QED) is 0.846. The zero-order valence-electron chi connectivity index (χ0n) is 15.1. The molecule has 6 nitrogen and oxygen atoms in total. The first kappa shape index (κ1) is 16.9. The standard InChI is InChI=1S/C18H27N5O/c1-5-21(6-2)11-15-9-19-17-16(10-20-22(17)12-15)18(24)23-13(3)7-8-14(23)4/h9-10,12-14H,5-8,11H2,1-4H3/t13-,14+. The molecule has 3 rings (SSSR count). The Morgan fingerprint density at radius 3 is 2.50 bits per heavy atom. The summed E-state index contributed by atoms with van der Waals surface area (Å²) < 4.78 is 1.73. The SMILES string of the molecule is CCN(CC)Cc1cnc2c(C(=O)N3[C@H](C)CC[C@@H]3C)cnn2c1. The molecule has 0 saturated carbocycles. The second kappa shape index (κ2) is 6.89. The fourth-order valence-electron chi connectivity index (χ4n) is 3.59. The molecule has 1 amide bonds. The van der Waals surface area contributed by atoms with Crippen molar-refractivity contribution in [3.63, 3.8) is 0 Å². The molecule has 0 aromatic carbocycles. The summed E-state index contributed by atoms with van der Waals surface area (Å²) in [4.78, 5) is 21.8. The molecule has 2 aromatic heterocycles. The third-order valence-corrected chi connectivity index (χ3v) is 5.13. The van der Waals surface area contributed by atoms with Crippen LogP contribution in [0.25, 0.3) is 5.65 Å². The summed E-state index contributed by atoms with van der Waals surface area (Å²) in [5.74, 6) is 0.0477. The van der Waals surface area contributed by atoms with Crippen molar-refractivity contribution in [3.8, 4) is 0 Å². The van der Waals surface area contributed by atoms with E-state index in [1.165, 1.54) is 0 Å². The Kier molecular flexibility index (Phi) is 4.85. The van der Waals surface area contributed by atoms with Gasteiger partial charge < -0.3 is 4.90 Å². The Hall–Kier alpha value is -1.95. The number of likely N-dealkylation sites (tertiary alicyclic amines) is 1. The van der Waals surface area contributed by atoms with E-state index >= 15 is 0 Å². The van der Waals surface area contributed by atoms with Crippen LogP contribution in [0.15, 0.2) is 18.6 Å². The Labute approximate surface area is 143 Å². The fourth-order valence-corrected chi connectivity index (χ4v) is 3.59. The molecule has 0 bridgehead atoms. The molecule has 0 unspecified atom stereocenters. The Balaban J connectivity index is 1.87. The molecule has 1 saturated heterocycles. The van der Waals surface area contributed by atoms with Gasteiger partial charge in [-0.25, -0.2) is 9.50 Å². The summed E-state index contributed by atoms with van der Waals surface area (Å²) in [6, 6.07) is 0.564. The highest BCUT2D eigenvalue weighted by molar-refractivity contribution is 6.00. The van der Waals surface area contributed by atoms with Gasteiger partial charge in [0, 0.05) is 36.6 Å². The number of hydrogen-bond acceptors (Lipinski definition) is 4. The third-order valence-electron chi connectivity index (χ3n) is 5.13. The number of amides is 1. The van der Waals surface area contributed by atoms with Gasteiger partial charge in [-0.15, -0.1) is 0 Å². The van der Waals surface area contributed by atoms with Crippen LogP contribution >= 0.6 is 0 Å². The van der Waals surface area contributed by atoms with E-state index in [1.54, 1.807) is 10.7 Å². The van der Waals surface area contributed by atoms with Crippen molar-refractivity contribution in [1.29, 1.82) is 0 Å². The number of rotatable bonds is 5. The van der Waals surface area contributed by atoms with Crippen molar-refractivity contribution in [1.82, 2.24) is 24.4 Å². The van der Waals surface area contributed by atoms with Crippen molar-refractivity contribution < 1.29 is 4.79 Å². The van der Waals surface area contributed by atoms with Crippen LogP contribution in [0.4, 0.5) is 0 Å². The highest BCUT2D eigenvalue weighted by Crippen LogP contribution is 2.26. The summed E-state index contributed by atoms with van der Waals surface area (Å²) in [7, 11) is 0. The molecule has 0 radical (unpaired) electrons. The van der Waals surface area contributed by atoms with E-state index in [0.717, 1.165) is 38.0 Å². The second-order valence-corrected chi connectivity index (χ2v) is 6.74. The molecule has 1 fully saturated rings. The van der Waals surface area contributed by atoms with Gasteiger partial charge in [0.25, 0.3) is 5.91 Å². The predicted molar refractivity (Wildman–Crippen MR) is 93.9 cm³/mol. The van der Waals surface area contributed by atoms with Gasteiger partial charge in [0.1, 0.15) is 5.56 Å². The van der Waals surface area contributed by atoms with E-state index in [4.69, 9.17) is 0 Å². The Morgan fingerprint density at radius 1 is 1.21 bits per heavy atom. The number of hydrogen-bond donors (Lipinski definition) is 0. The lowest BCUT2D eigenvalue weighted by atomic mass is 10.2. The van der Waals surface area contributed by atoms with Gasteiger partial charge in [0.15, 0.2) is 5.65 Å². The summed E-state index contributed by atoms with van der Waals surface area (Å²) in [6.07, 6.45) is 7.63. The molecule has 0 N–H and O–H groups in total. The Morgan fingerprint density at radius 2 is 1.88 bits per heavy atom. The summed E-state index contributed by atoms with van der Waals surface area (Å²) in [6.45, 7) is 11.4. The number of aromatic nitrogens is 3. The lowest BCUT2D eigenvalue weighted by molar-refractivity contribution is 0.0694. The van der Waals surface area contributed by atoms with Gasteiger partial charge in [-0.3, -0.25) is 9.69 Å². The van der Waals surface area contributed by atoms with Gasteiger partial charge in [-0.1, -0.05) is 13.8 Å². The molecule has 130 valence electrons. The lowest BCUT2D eigenvalue weighted by Gasteiger charge is -2.25. The third kappa shape index (κ3) is 3.02. The average Bonchev–Trinajstić information content (AvgIpc) is 3.15. The maximum Gasteiger partial charge on any atom is 0.259 e. The van der Waals surface area contributed by atoms with Crippen molar-refractivity contribution in [2.24, 2.45) is 0 Å². The molecule has 2 atom stereocenters. The number of fused-ring (bicyclic) bond motifs is 1. The Bertz CT molecular complexity index is 711. The summed E-state index contributed by atoms with van der Waals surface area (Å²) in [5.41, 5.74) is 2.36. The molecule has 0 spiro atoms. The highest BCUT2D eigenvalue weighted by Gasteiger charge is 2.33. The number of carbonyl (C=O) groups excluding carboxylic acids is 1. The lowest BCUT2D eigenvalue weighted by Crippen LogP contribution is -2.38. The number of nitrogens with zero attached hydrogens (tertiary/aromatic N) is 5. The van der Waals surface area contributed by atoms with Gasteiger partial charge in [-0.2, -0.15) is 5.10 Å². The number of carbonyl (C=O) groups is 1. The van der Waals surface area contributed by atoms with Gasteiger partial charge in [-0.05, 0) is 39.8 Å². The highest BCUT2D eigenvalue weighted by atomic mass is 16.2. The predicted octanol–water partition coefficient (Wildman–Crippen LogP) is 2.58. The first-order valence-electron chi connectivity index (χ1n) is 8.92. The average molecular weight is 329 g/mol. The zero-order chi connectivity index (χ0) is 17.3. The normalized spacial score (nSPS) is 21.1. The molecular weight excluding hydrogens is 302 g/mol. The van der Waals surface area contributed by atoms with Gasteiger partial charge >= 0.3 is 0 Å². The first-order chi connectivity index (χ1) is 11.5. The van der Waals surface area contributed by atoms with Gasteiger partial charge in [0.05, 0.1) is 6.20 Å². The first-order valence-corrected chi connectivity index (χ1v) is 8.92. The molecule has 1 aliphatic heterocycles. The van der Waals surface area contributed by atoms with E-state index < -0.39 is 0 Å². The van der Waals surface area contributed by atoms with Crippen LogP contribution in [-0.2, 0) is 6.54 Å². The second-order valence-electron chi connectivity index (χ2n) is 6.74. The van der Waals surface area contributed by atoms with Crippen molar-refractivity contribution >= 4 is 11.6 Å². The van der Waals surface area contributed by atoms with Crippen LogP contribution in [0, 0.1) is 0 Å². The molecule has 1 aliphatic rings. The molecule has 6 heteroatoms. The molecule has 0 aliphatic carbocycles. The van der Waals surface area contributed by atoms with E-state index in [-0.39, 0.29) is 18.0 Å². The smallest absolute Gasteiger partial charge is 0.259 e. The molecule has 3 heterocycles. The summed E-state index contributed by atoms with van der Waals surface area (Å²) >= 11 is 0. The minimum absolute atomic E-state index is 0.0477. The van der Waals surface area contributed by atoms with E-state index in [9.17, 15) is 4.79 Å². The zero-order valence-corrected chi connectivity index (χ0v) is 15.1.